The lowest BCUT2D eigenvalue weighted by atomic mass is 9.76. The molecule has 3 rings (SSSR count). The molecule has 0 saturated heterocycles. The Hall–Kier alpha value is -1.32. The van der Waals surface area contributed by atoms with Gasteiger partial charge in [-0.2, -0.15) is 0 Å². The zero-order valence-electron chi connectivity index (χ0n) is 12.0. The first-order valence-electron chi connectivity index (χ1n) is 7.54. The van der Waals surface area contributed by atoms with Crippen LogP contribution in [0, 0.1) is 11.3 Å². The predicted octanol–water partition coefficient (Wildman–Crippen LogP) is 3.62. The number of aliphatic hydroxyl groups excluding tert-OH is 1. The van der Waals surface area contributed by atoms with Gasteiger partial charge in [-0.3, -0.25) is 0 Å². The highest BCUT2D eigenvalue weighted by molar-refractivity contribution is 5.81. The SMILES string of the molecule is CCC1CCC(CN)(C(O)c2coc3ccccc23)C1. The summed E-state index contributed by atoms with van der Waals surface area (Å²) in [5, 5.41) is 11.9. The number of benzene rings is 1. The van der Waals surface area contributed by atoms with Crippen LogP contribution in [0.4, 0.5) is 0 Å². The number of hydrogen-bond acceptors (Lipinski definition) is 3. The molecule has 3 nitrogen and oxygen atoms in total. The van der Waals surface area contributed by atoms with Gasteiger partial charge in [-0.05, 0) is 31.2 Å². The summed E-state index contributed by atoms with van der Waals surface area (Å²) in [5.74, 6) is 0.686. The predicted molar refractivity (Wildman–Crippen MR) is 80.3 cm³/mol. The number of furan rings is 1. The monoisotopic (exact) mass is 273 g/mol. The number of hydrogen-bond donors (Lipinski definition) is 2. The molecule has 0 amide bonds. The first-order chi connectivity index (χ1) is 9.70. The van der Waals surface area contributed by atoms with Gasteiger partial charge in [0.1, 0.15) is 5.58 Å². The lowest BCUT2D eigenvalue weighted by molar-refractivity contribution is 0.0306. The molecule has 3 heteroatoms. The third-order valence-electron chi connectivity index (χ3n) is 5.12. The number of nitrogens with two attached hydrogens (primary N) is 1. The maximum absolute atomic E-state index is 10.9. The minimum Gasteiger partial charge on any atom is -0.464 e. The lowest BCUT2D eigenvalue weighted by Gasteiger charge is -2.33. The molecule has 0 bridgehead atoms. The minimum absolute atomic E-state index is 0.187. The van der Waals surface area contributed by atoms with Crippen molar-refractivity contribution in [1.82, 2.24) is 0 Å². The summed E-state index contributed by atoms with van der Waals surface area (Å²) >= 11 is 0. The van der Waals surface area contributed by atoms with Gasteiger partial charge in [0, 0.05) is 22.9 Å². The van der Waals surface area contributed by atoms with Crippen molar-refractivity contribution in [2.24, 2.45) is 17.1 Å². The van der Waals surface area contributed by atoms with E-state index in [2.05, 4.69) is 6.92 Å². The molecule has 3 atom stereocenters. The highest BCUT2D eigenvalue weighted by Gasteiger charge is 2.44. The summed E-state index contributed by atoms with van der Waals surface area (Å²) in [4.78, 5) is 0. The van der Waals surface area contributed by atoms with Crippen LogP contribution in [0.2, 0.25) is 0 Å². The molecule has 0 radical (unpaired) electrons. The zero-order chi connectivity index (χ0) is 14.2. The molecule has 1 aliphatic rings. The lowest BCUT2D eigenvalue weighted by Crippen LogP contribution is -2.34. The van der Waals surface area contributed by atoms with Crippen molar-refractivity contribution in [3.63, 3.8) is 0 Å². The molecule has 1 aromatic carbocycles. The molecule has 1 heterocycles. The van der Waals surface area contributed by atoms with Crippen molar-refractivity contribution in [2.75, 3.05) is 6.54 Å². The molecule has 1 aromatic heterocycles. The van der Waals surface area contributed by atoms with Crippen molar-refractivity contribution in [2.45, 2.75) is 38.7 Å². The van der Waals surface area contributed by atoms with Crippen LogP contribution in [-0.4, -0.2) is 11.7 Å². The highest BCUT2D eigenvalue weighted by atomic mass is 16.3. The van der Waals surface area contributed by atoms with Crippen LogP contribution >= 0.6 is 0 Å². The molecule has 3 N–H and O–H groups in total. The Morgan fingerprint density at radius 1 is 1.45 bits per heavy atom. The summed E-state index contributed by atoms with van der Waals surface area (Å²) in [7, 11) is 0. The van der Waals surface area contributed by atoms with E-state index in [1.807, 2.05) is 24.3 Å². The topological polar surface area (TPSA) is 59.4 Å². The Labute approximate surface area is 119 Å². The Kier molecular flexibility index (Phi) is 3.57. The molecule has 108 valence electrons. The normalized spacial score (nSPS) is 28.1. The van der Waals surface area contributed by atoms with Crippen molar-refractivity contribution in [1.29, 1.82) is 0 Å². The van der Waals surface area contributed by atoms with Crippen molar-refractivity contribution >= 4 is 11.0 Å². The van der Waals surface area contributed by atoms with Crippen LogP contribution < -0.4 is 5.73 Å². The summed E-state index contributed by atoms with van der Waals surface area (Å²) in [6.45, 7) is 2.75. The fraction of sp³-hybridized carbons (Fsp3) is 0.529. The van der Waals surface area contributed by atoms with Gasteiger partial charge in [0.2, 0.25) is 0 Å². The molecular weight excluding hydrogens is 250 g/mol. The van der Waals surface area contributed by atoms with Gasteiger partial charge >= 0.3 is 0 Å². The molecule has 20 heavy (non-hydrogen) atoms. The van der Waals surface area contributed by atoms with Crippen LogP contribution in [0.25, 0.3) is 11.0 Å². The number of para-hydroxylation sites is 1. The Morgan fingerprint density at radius 3 is 2.95 bits per heavy atom. The maximum Gasteiger partial charge on any atom is 0.134 e. The number of rotatable bonds is 4. The minimum atomic E-state index is -0.535. The average Bonchev–Trinajstić information content (AvgIpc) is 3.11. The molecule has 2 aromatic rings. The van der Waals surface area contributed by atoms with Crippen LogP contribution in [-0.2, 0) is 0 Å². The standard InChI is InChI=1S/C17H23NO2/c1-2-12-7-8-17(9-12,11-18)16(19)14-10-20-15-6-4-3-5-13(14)15/h3-6,10,12,16,19H,2,7-9,11,18H2,1H3. The summed E-state index contributed by atoms with van der Waals surface area (Å²) in [5.41, 5.74) is 7.58. The smallest absolute Gasteiger partial charge is 0.134 e. The Bertz CT molecular complexity index is 591. The van der Waals surface area contributed by atoms with Gasteiger partial charge in [0.25, 0.3) is 0 Å². The summed E-state index contributed by atoms with van der Waals surface area (Å²) < 4.78 is 5.57. The van der Waals surface area contributed by atoms with Gasteiger partial charge in [-0.15, -0.1) is 0 Å². The number of fused-ring (bicyclic) bond motifs is 1. The second kappa shape index (κ2) is 5.23. The van der Waals surface area contributed by atoms with Gasteiger partial charge in [0.05, 0.1) is 12.4 Å². The zero-order valence-corrected chi connectivity index (χ0v) is 12.0. The quantitative estimate of drug-likeness (QED) is 0.894. The van der Waals surface area contributed by atoms with E-state index >= 15 is 0 Å². The highest BCUT2D eigenvalue weighted by Crippen LogP contribution is 2.51. The molecule has 1 saturated carbocycles. The van der Waals surface area contributed by atoms with E-state index in [-0.39, 0.29) is 5.41 Å². The fourth-order valence-corrected chi connectivity index (χ4v) is 3.70. The molecular formula is C17H23NO2. The van der Waals surface area contributed by atoms with Crippen molar-refractivity contribution < 1.29 is 9.52 Å². The van der Waals surface area contributed by atoms with Gasteiger partial charge in [0.15, 0.2) is 0 Å². The van der Waals surface area contributed by atoms with E-state index in [9.17, 15) is 5.11 Å². The van der Waals surface area contributed by atoms with Crippen LogP contribution in [0.15, 0.2) is 34.9 Å². The number of aliphatic hydroxyl groups is 1. The van der Waals surface area contributed by atoms with E-state index in [4.69, 9.17) is 10.2 Å². The molecule has 1 fully saturated rings. The third-order valence-corrected chi connectivity index (χ3v) is 5.12. The van der Waals surface area contributed by atoms with Crippen LogP contribution in [0.1, 0.15) is 44.3 Å². The van der Waals surface area contributed by atoms with Crippen LogP contribution in [0.3, 0.4) is 0 Å². The molecule has 0 spiro atoms. The van der Waals surface area contributed by atoms with E-state index in [0.29, 0.717) is 12.5 Å². The second-order valence-electron chi connectivity index (χ2n) is 6.17. The first-order valence-corrected chi connectivity index (χ1v) is 7.54. The fourth-order valence-electron chi connectivity index (χ4n) is 3.70. The average molecular weight is 273 g/mol. The first kappa shape index (κ1) is 13.7. The Morgan fingerprint density at radius 2 is 2.25 bits per heavy atom. The van der Waals surface area contributed by atoms with Crippen molar-refractivity contribution in [3.05, 3.63) is 36.1 Å². The van der Waals surface area contributed by atoms with Gasteiger partial charge in [-0.25, -0.2) is 0 Å². The third kappa shape index (κ3) is 2.05. The van der Waals surface area contributed by atoms with E-state index < -0.39 is 6.10 Å². The molecule has 3 unspecified atom stereocenters. The largest absolute Gasteiger partial charge is 0.464 e. The second-order valence-corrected chi connectivity index (χ2v) is 6.17. The molecule has 1 aliphatic carbocycles. The van der Waals surface area contributed by atoms with E-state index in [1.165, 1.54) is 12.8 Å². The maximum atomic E-state index is 10.9. The van der Waals surface area contributed by atoms with E-state index in [0.717, 1.165) is 29.4 Å². The van der Waals surface area contributed by atoms with Crippen molar-refractivity contribution in [3.8, 4) is 0 Å². The summed E-state index contributed by atoms with van der Waals surface area (Å²) in [6.07, 6.45) is 5.52. The van der Waals surface area contributed by atoms with Gasteiger partial charge in [-0.1, -0.05) is 31.5 Å². The molecule has 0 aliphatic heterocycles. The summed E-state index contributed by atoms with van der Waals surface area (Å²) in [6, 6.07) is 7.87. The Balaban J connectivity index is 1.96. The van der Waals surface area contributed by atoms with Crippen LogP contribution in [0.5, 0.6) is 0 Å². The van der Waals surface area contributed by atoms with Gasteiger partial charge < -0.3 is 15.3 Å². The van der Waals surface area contributed by atoms with E-state index in [1.54, 1.807) is 6.26 Å².